The first-order chi connectivity index (χ1) is 10.2. The summed E-state index contributed by atoms with van der Waals surface area (Å²) < 4.78 is 5.40. The van der Waals surface area contributed by atoms with Gasteiger partial charge in [0.05, 0.1) is 19.3 Å². The number of rotatable bonds is 6. The Morgan fingerprint density at radius 3 is 2.76 bits per heavy atom. The number of halogens is 1. The van der Waals surface area contributed by atoms with Gasteiger partial charge in [-0.3, -0.25) is 9.69 Å². The highest BCUT2D eigenvalue weighted by Gasteiger charge is 2.24. The second-order valence-corrected chi connectivity index (χ2v) is 5.44. The number of carbonyl (C=O) groups excluding carboxylic acids is 1. The van der Waals surface area contributed by atoms with Gasteiger partial charge in [-0.25, -0.2) is 0 Å². The van der Waals surface area contributed by atoms with E-state index in [0.29, 0.717) is 32.7 Å². The maximum Gasteiger partial charge on any atom is 0.221 e. The van der Waals surface area contributed by atoms with Gasteiger partial charge in [-0.1, -0.05) is 29.8 Å². The molecule has 0 bridgehead atoms. The molecule has 116 valence electrons. The predicted octanol–water partition coefficient (Wildman–Crippen LogP) is 1.18. The molecule has 1 aromatic rings. The fourth-order valence-corrected chi connectivity index (χ4v) is 2.76. The molecular weight excluding hydrogens is 290 g/mol. The Kier molecular flexibility index (Phi) is 6.45. The van der Waals surface area contributed by atoms with E-state index in [4.69, 9.17) is 22.1 Å². The summed E-state index contributed by atoms with van der Waals surface area (Å²) in [7, 11) is 0. The molecule has 21 heavy (non-hydrogen) atoms. The van der Waals surface area contributed by atoms with E-state index in [9.17, 15) is 4.79 Å². The Morgan fingerprint density at radius 1 is 1.38 bits per heavy atom. The van der Waals surface area contributed by atoms with E-state index in [1.807, 2.05) is 24.3 Å². The second-order valence-electron chi connectivity index (χ2n) is 5.03. The van der Waals surface area contributed by atoms with Crippen molar-refractivity contribution in [2.75, 3.05) is 39.4 Å². The molecular formula is C15H22ClN3O2. The minimum Gasteiger partial charge on any atom is -0.379 e. The van der Waals surface area contributed by atoms with E-state index in [1.165, 1.54) is 0 Å². The lowest BCUT2D eigenvalue weighted by atomic mass is 10.0. The van der Waals surface area contributed by atoms with Gasteiger partial charge in [0.15, 0.2) is 0 Å². The summed E-state index contributed by atoms with van der Waals surface area (Å²) in [4.78, 5) is 14.0. The van der Waals surface area contributed by atoms with E-state index < -0.39 is 0 Å². The maximum atomic E-state index is 11.7. The van der Waals surface area contributed by atoms with Gasteiger partial charge in [0.2, 0.25) is 5.91 Å². The Balaban J connectivity index is 2.10. The first-order valence-electron chi connectivity index (χ1n) is 7.25. The van der Waals surface area contributed by atoms with Crippen molar-refractivity contribution in [3.8, 4) is 0 Å². The molecule has 1 fully saturated rings. The van der Waals surface area contributed by atoms with E-state index >= 15 is 0 Å². The summed E-state index contributed by atoms with van der Waals surface area (Å²) in [6, 6.07) is 7.83. The zero-order valence-corrected chi connectivity index (χ0v) is 12.8. The number of hydrogen-bond donors (Lipinski definition) is 2. The van der Waals surface area contributed by atoms with Crippen LogP contribution in [0.3, 0.4) is 0 Å². The summed E-state index contributed by atoms with van der Waals surface area (Å²) in [5.74, 6) is -0.0252. The Hall–Kier alpha value is -1.14. The average Bonchev–Trinajstić information content (AvgIpc) is 2.50. The molecule has 1 aliphatic rings. The highest BCUT2D eigenvalue weighted by atomic mass is 35.5. The van der Waals surface area contributed by atoms with Crippen molar-refractivity contribution in [3.05, 3.63) is 34.9 Å². The molecule has 0 saturated carbocycles. The number of carbonyl (C=O) groups is 1. The minimum absolute atomic E-state index is 0.0252. The molecule has 5 nitrogen and oxygen atoms in total. The van der Waals surface area contributed by atoms with E-state index in [0.717, 1.165) is 23.7 Å². The zero-order chi connectivity index (χ0) is 15.1. The van der Waals surface area contributed by atoms with Gasteiger partial charge in [-0.15, -0.1) is 0 Å². The smallest absolute Gasteiger partial charge is 0.221 e. The summed E-state index contributed by atoms with van der Waals surface area (Å²) >= 11 is 6.32. The molecule has 6 heteroatoms. The lowest BCUT2D eigenvalue weighted by molar-refractivity contribution is -0.121. The van der Waals surface area contributed by atoms with Crippen LogP contribution in [0.1, 0.15) is 18.0 Å². The number of morpholine rings is 1. The van der Waals surface area contributed by atoms with Crippen LogP contribution >= 0.6 is 11.6 Å². The van der Waals surface area contributed by atoms with Crippen LogP contribution in [0.25, 0.3) is 0 Å². The van der Waals surface area contributed by atoms with Crippen molar-refractivity contribution in [2.45, 2.75) is 12.5 Å². The summed E-state index contributed by atoms with van der Waals surface area (Å²) in [6.07, 6.45) is 0.346. The Labute approximate surface area is 130 Å². The number of amides is 1. The first kappa shape index (κ1) is 16.2. The SMILES string of the molecule is NCCC(=O)NCC(c1ccccc1Cl)N1CCOCC1. The quantitative estimate of drug-likeness (QED) is 0.828. The largest absolute Gasteiger partial charge is 0.379 e. The molecule has 1 amide bonds. The second kappa shape index (κ2) is 8.34. The van der Waals surface area contributed by atoms with Gasteiger partial charge in [-0.05, 0) is 11.6 Å². The standard InChI is InChI=1S/C15H22ClN3O2/c16-13-4-2-1-3-12(13)14(11-18-15(20)5-6-17)19-7-9-21-10-8-19/h1-4,14H,5-11,17H2,(H,18,20). The molecule has 1 saturated heterocycles. The number of hydrogen-bond acceptors (Lipinski definition) is 4. The van der Waals surface area contributed by atoms with Crippen LogP contribution in [0, 0.1) is 0 Å². The lowest BCUT2D eigenvalue weighted by Gasteiger charge is -2.35. The van der Waals surface area contributed by atoms with Crippen LogP contribution in [-0.4, -0.2) is 50.2 Å². The molecule has 1 aromatic carbocycles. The molecule has 1 aliphatic heterocycles. The minimum atomic E-state index is -0.0252. The number of nitrogens with two attached hydrogens (primary N) is 1. The van der Waals surface area contributed by atoms with Gasteiger partial charge in [0.1, 0.15) is 0 Å². The highest BCUT2D eigenvalue weighted by Crippen LogP contribution is 2.27. The lowest BCUT2D eigenvalue weighted by Crippen LogP contribution is -2.44. The third-order valence-corrected chi connectivity index (χ3v) is 3.96. The van der Waals surface area contributed by atoms with Gasteiger partial charge < -0.3 is 15.8 Å². The van der Waals surface area contributed by atoms with Crippen molar-refractivity contribution in [1.82, 2.24) is 10.2 Å². The van der Waals surface area contributed by atoms with E-state index in [-0.39, 0.29) is 11.9 Å². The number of ether oxygens (including phenoxy) is 1. The Bertz CT molecular complexity index is 464. The van der Waals surface area contributed by atoms with Crippen LogP contribution in [0.5, 0.6) is 0 Å². The van der Waals surface area contributed by atoms with Crippen molar-refractivity contribution in [3.63, 3.8) is 0 Å². The molecule has 1 heterocycles. The molecule has 0 aromatic heterocycles. The highest BCUT2D eigenvalue weighted by molar-refractivity contribution is 6.31. The third kappa shape index (κ3) is 4.68. The molecule has 0 aliphatic carbocycles. The number of benzene rings is 1. The van der Waals surface area contributed by atoms with Crippen LogP contribution in [0.4, 0.5) is 0 Å². The van der Waals surface area contributed by atoms with Crippen molar-refractivity contribution in [2.24, 2.45) is 5.73 Å². The van der Waals surface area contributed by atoms with E-state index in [1.54, 1.807) is 0 Å². The fraction of sp³-hybridized carbons (Fsp3) is 0.533. The number of nitrogens with one attached hydrogen (secondary N) is 1. The van der Waals surface area contributed by atoms with Crippen LogP contribution in [-0.2, 0) is 9.53 Å². The van der Waals surface area contributed by atoms with Crippen LogP contribution in [0.2, 0.25) is 5.02 Å². The van der Waals surface area contributed by atoms with Crippen molar-refractivity contribution in [1.29, 1.82) is 0 Å². The van der Waals surface area contributed by atoms with Gasteiger partial charge in [-0.2, -0.15) is 0 Å². The van der Waals surface area contributed by atoms with Crippen LogP contribution in [0.15, 0.2) is 24.3 Å². The third-order valence-electron chi connectivity index (χ3n) is 3.61. The number of nitrogens with zero attached hydrogens (tertiary/aromatic N) is 1. The molecule has 1 unspecified atom stereocenters. The molecule has 1 atom stereocenters. The fourth-order valence-electron chi connectivity index (χ4n) is 2.50. The molecule has 2 rings (SSSR count). The monoisotopic (exact) mass is 311 g/mol. The van der Waals surface area contributed by atoms with Crippen molar-refractivity contribution < 1.29 is 9.53 Å². The van der Waals surface area contributed by atoms with Gasteiger partial charge in [0, 0.05) is 37.6 Å². The van der Waals surface area contributed by atoms with Crippen LogP contribution < -0.4 is 11.1 Å². The zero-order valence-electron chi connectivity index (χ0n) is 12.1. The maximum absolute atomic E-state index is 11.7. The predicted molar refractivity (Wildman–Crippen MR) is 83.3 cm³/mol. The average molecular weight is 312 g/mol. The van der Waals surface area contributed by atoms with Gasteiger partial charge in [0.25, 0.3) is 0 Å². The molecule has 0 spiro atoms. The van der Waals surface area contributed by atoms with E-state index in [2.05, 4.69) is 10.2 Å². The summed E-state index contributed by atoms with van der Waals surface area (Å²) in [6.45, 7) is 3.98. The Morgan fingerprint density at radius 2 is 2.10 bits per heavy atom. The molecule has 0 radical (unpaired) electrons. The first-order valence-corrected chi connectivity index (χ1v) is 7.63. The topological polar surface area (TPSA) is 67.6 Å². The normalized spacial score (nSPS) is 17.4. The van der Waals surface area contributed by atoms with Gasteiger partial charge >= 0.3 is 0 Å². The van der Waals surface area contributed by atoms with Crippen molar-refractivity contribution >= 4 is 17.5 Å². The summed E-state index contributed by atoms with van der Waals surface area (Å²) in [5, 5.41) is 3.67. The summed E-state index contributed by atoms with van der Waals surface area (Å²) in [5.41, 5.74) is 6.44. The molecule has 3 N–H and O–H groups in total.